The van der Waals surface area contributed by atoms with E-state index in [9.17, 15) is 13.2 Å². The van der Waals surface area contributed by atoms with Crippen molar-refractivity contribution in [2.24, 2.45) is 0 Å². The summed E-state index contributed by atoms with van der Waals surface area (Å²) in [5.41, 5.74) is 5.26. The van der Waals surface area contributed by atoms with Crippen molar-refractivity contribution >= 4 is 5.82 Å². The standard InChI is InChI=1S/C10H14F3N3O/c1-2-3-4-5-17-8-6-7(14)15-9(16-8)10(11,12)13/h6H,2-5H2,1H3,(H2,14,15,16). The fraction of sp³-hybridized carbons (Fsp3) is 0.600. The molecular formula is C10H14F3N3O. The van der Waals surface area contributed by atoms with Gasteiger partial charge in [0.2, 0.25) is 11.7 Å². The van der Waals surface area contributed by atoms with Gasteiger partial charge in [0, 0.05) is 6.07 Å². The Labute approximate surface area is 97.0 Å². The molecule has 17 heavy (non-hydrogen) atoms. The van der Waals surface area contributed by atoms with Crippen LogP contribution in [0.4, 0.5) is 19.0 Å². The van der Waals surface area contributed by atoms with Gasteiger partial charge in [0.25, 0.3) is 0 Å². The first-order valence-electron chi connectivity index (χ1n) is 5.28. The maximum atomic E-state index is 12.4. The lowest BCUT2D eigenvalue weighted by atomic mass is 10.3. The molecule has 0 aliphatic carbocycles. The van der Waals surface area contributed by atoms with Gasteiger partial charge in [0.15, 0.2) is 0 Å². The van der Waals surface area contributed by atoms with Crippen LogP contribution >= 0.6 is 0 Å². The second-order valence-electron chi connectivity index (χ2n) is 3.51. The Kier molecular flexibility index (Phi) is 4.53. The summed E-state index contributed by atoms with van der Waals surface area (Å²) >= 11 is 0. The van der Waals surface area contributed by atoms with Crippen LogP contribution < -0.4 is 10.5 Å². The van der Waals surface area contributed by atoms with Crippen molar-refractivity contribution in [1.82, 2.24) is 9.97 Å². The maximum absolute atomic E-state index is 12.4. The molecule has 96 valence electrons. The Hall–Kier alpha value is -1.53. The van der Waals surface area contributed by atoms with E-state index in [2.05, 4.69) is 9.97 Å². The first-order chi connectivity index (χ1) is 7.93. The van der Waals surface area contributed by atoms with Crippen molar-refractivity contribution in [1.29, 1.82) is 0 Å². The summed E-state index contributed by atoms with van der Waals surface area (Å²) in [6.45, 7) is 2.34. The van der Waals surface area contributed by atoms with Crippen LogP contribution in [0.25, 0.3) is 0 Å². The number of unbranched alkanes of at least 4 members (excludes halogenated alkanes) is 2. The van der Waals surface area contributed by atoms with Crippen molar-refractivity contribution in [3.8, 4) is 5.88 Å². The van der Waals surface area contributed by atoms with Crippen molar-refractivity contribution < 1.29 is 17.9 Å². The van der Waals surface area contributed by atoms with Gasteiger partial charge in [-0.3, -0.25) is 0 Å². The van der Waals surface area contributed by atoms with E-state index in [-0.39, 0.29) is 11.7 Å². The van der Waals surface area contributed by atoms with Crippen LogP contribution in [-0.4, -0.2) is 16.6 Å². The molecule has 7 heteroatoms. The summed E-state index contributed by atoms with van der Waals surface area (Å²) in [6, 6.07) is 1.18. The number of alkyl halides is 3. The molecule has 0 spiro atoms. The number of hydrogen-bond acceptors (Lipinski definition) is 4. The fourth-order valence-corrected chi connectivity index (χ4v) is 1.17. The zero-order chi connectivity index (χ0) is 12.9. The number of aromatic nitrogens is 2. The van der Waals surface area contributed by atoms with E-state index in [1.165, 1.54) is 6.07 Å². The van der Waals surface area contributed by atoms with Crippen LogP contribution in [-0.2, 0) is 6.18 Å². The van der Waals surface area contributed by atoms with Gasteiger partial charge in [-0.25, -0.2) is 4.98 Å². The zero-order valence-corrected chi connectivity index (χ0v) is 9.42. The monoisotopic (exact) mass is 249 g/mol. The van der Waals surface area contributed by atoms with Crippen LogP contribution in [0.5, 0.6) is 5.88 Å². The second kappa shape index (κ2) is 5.70. The zero-order valence-electron chi connectivity index (χ0n) is 9.42. The van der Waals surface area contributed by atoms with Crippen LogP contribution in [0.1, 0.15) is 32.0 Å². The Morgan fingerprint density at radius 1 is 1.29 bits per heavy atom. The number of ether oxygens (including phenoxy) is 1. The quantitative estimate of drug-likeness (QED) is 0.815. The average Bonchev–Trinajstić information content (AvgIpc) is 2.22. The normalized spacial score (nSPS) is 11.5. The molecule has 0 atom stereocenters. The fourth-order valence-electron chi connectivity index (χ4n) is 1.17. The third-order valence-electron chi connectivity index (χ3n) is 1.97. The molecule has 0 aromatic carbocycles. The van der Waals surface area contributed by atoms with Gasteiger partial charge in [-0.2, -0.15) is 18.2 Å². The van der Waals surface area contributed by atoms with Crippen molar-refractivity contribution in [3.05, 3.63) is 11.9 Å². The van der Waals surface area contributed by atoms with E-state index in [0.29, 0.717) is 6.61 Å². The molecule has 4 nitrogen and oxygen atoms in total. The molecule has 0 bridgehead atoms. The molecular weight excluding hydrogens is 235 g/mol. The molecule has 0 unspecified atom stereocenters. The van der Waals surface area contributed by atoms with E-state index in [4.69, 9.17) is 10.5 Å². The topological polar surface area (TPSA) is 61.0 Å². The Bertz CT molecular complexity index is 368. The summed E-state index contributed by atoms with van der Waals surface area (Å²) < 4.78 is 42.2. The van der Waals surface area contributed by atoms with E-state index in [1.807, 2.05) is 6.92 Å². The second-order valence-corrected chi connectivity index (χ2v) is 3.51. The highest BCUT2D eigenvalue weighted by Gasteiger charge is 2.35. The van der Waals surface area contributed by atoms with Gasteiger partial charge in [-0.15, -0.1) is 0 Å². The van der Waals surface area contributed by atoms with Crippen molar-refractivity contribution in [2.75, 3.05) is 12.3 Å². The summed E-state index contributed by atoms with van der Waals surface area (Å²) in [7, 11) is 0. The highest BCUT2D eigenvalue weighted by Crippen LogP contribution is 2.28. The first kappa shape index (κ1) is 13.5. The van der Waals surface area contributed by atoms with Gasteiger partial charge < -0.3 is 10.5 Å². The lowest BCUT2D eigenvalue weighted by Crippen LogP contribution is -2.13. The number of rotatable bonds is 5. The van der Waals surface area contributed by atoms with Crippen LogP contribution in [0, 0.1) is 0 Å². The predicted molar refractivity (Wildman–Crippen MR) is 56.5 cm³/mol. The third-order valence-corrected chi connectivity index (χ3v) is 1.97. The average molecular weight is 249 g/mol. The Balaban J connectivity index is 2.69. The number of anilines is 1. The van der Waals surface area contributed by atoms with E-state index in [0.717, 1.165) is 19.3 Å². The molecule has 0 aliphatic rings. The van der Waals surface area contributed by atoms with E-state index >= 15 is 0 Å². The highest BCUT2D eigenvalue weighted by molar-refractivity contribution is 5.33. The molecule has 1 aromatic rings. The number of halogens is 3. The molecule has 0 aliphatic heterocycles. The van der Waals surface area contributed by atoms with E-state index in [1.54, 1.807) is 0 Å². The minimum atomic E-state index is -4.61. The number of nitrogens with two attached hydrogens (primary N) is 1. The van der Waals surface area contributed by atoms with Crippen molar-refractivity contribution in [3.63, 3.8) is 0 Å². The molecule has 0 saturated carbocycles. The van der Waals surface area contributed by atoms with Gasteiger partial charge in [0.1, 0.15) is 5.82 Å². The smallest absolute Gasteiger partial charge is 0.451 e. The molecule has 0 radical (unpaired) electrons. The van der Waals surface area contributed by atoms with Gasteiger partial charge in [0.05, 0.1) is 6.61 Å². The molecule has 0 saturated heterocycles. The molecule has 0 fully saturated rings. The Morgan fingerprint density at radius 2 is 2.00 bits per heavy atom. The molecule has 0 amide bonds. The number of hydrogen-bond donors (Lipinski definition) is 1. The largest absolute Gasteiger partial charge is 0.478 e. The van der Waals surface area contributed by atoms with Gasteiger partial charge in [-0.05, 0) is 6.42 Å². The van der Waals surface area contributed by atoms with Gasteiger partial charge in [-0.1, -0.05) is 19.8 Å². The minimum Gasteiger partial charge on any atom is -0.478 e. The van der Waals surface area contributed by atoms with Crippen LogP contribution in [0.15, 0.2) is 6.07 Å². The summed E-state index contributed by atoms with van der Waals surface area (Å²) in [6.07, 6.45) is -1.89. The van der Waals surface area contributed by atoms with Crippen molar-refractivity contribution in [2.45, 2.75) is 32.4 Å². The van der Waals surface area contributed by atoms with Gasteiger partial charge >= 0.3 is 6.18 Å². The maximum Gasteiger partial charge on any atom is 0.451 e. The van der Waals surface area contributed by atoms with Crippen LogP contribution in [0.3, 0.4) is 0 Å². The molecule has 2 N–H and O–H groups in total. The molecule has 1 aromatic heterocycles. The summed E-state index contributed by atoms with van der Waals surface area (Å²) in [4.78, 5) is 6.38. The minimum absolute atomic E-state index is 0.138. The lowest BCUT2D eigenvalue weighted by Gasteiger charge is -2.09. The summed E-state index contributed by atoms with van der Waals surface area (Å²) in [5.74, 6) is -1.67. The molecule has 1 heterocycles. The first-order valence-corrected chi connectivity index (χ1v) is 5.28. The predicted octanol–water partition coefficient (Wildman–Crippen LogP) is 2.65. The Morgan fingerprint density at radius 3 is 2.59 bits per heavy atom. The number of nitrogen functional groups attached to an aromatic ring is 1. The van der Waals surface area contributed by atoms with Crippen LogP contribution in [0.2, 0.25) is 0 Å². The SMILES string of the molecule is CCCCCOc1cc(N)nc(C(F)(F)F)n1. The number of nitrogens with zero attached hydrogens (tertiary/aromatic N) is 2. The van der Waals surface area contributed by atoms with E-state index < -0.39 is 12.0 Å². The summed E-state index contributed by atoms with van der Waals surface area (Å²) in [5, 5.41) is 0. The highest BCUT2D eigenvalue weighted by atomic mass is 19.4. The lowest BCUT2D eigenvalue weighted by molar-refractivity contribution is -0.145. The molecule has 1 rings (SSSR count). The third kappa shape index (κ3) is 4.46.